The van der Waals surface area contributed by atoms with Gasteiger partial charge in [0.15, 0.2) is 11.5 Å². The third-order valence-corrected chi connectivity index (χ3v) is 6.80. The van der Waals surface area contributed by atoms with E-state index in [4.69, 9.17) is 18.7 Å². The van der Waals surface area contributed by atoms with Crippen LogP contribution in [0.25, 0.3) is 11.4 Å². The number of carbonyl (C=O) groups is 1. The Morgan fingerprint density at radius 2 is 1.83 bits per heavy atom. The molecule has 35 heavy (non-hydrogen) atoms. The molecule has 184 valence electrons. The number of hydrogen-bond acceptors (Lipinski definition) is 7. The number of nitrogens with one attached hydrogen (secondary N) is 1. The maximum Gasteiger partial charge on any atom is 0.227 e. The molecule has 8 nitrogen and oxygen atoms in total. The van der Waals surface area contributed by atoms with Crippen LogP contribution in [0.5, 0.6) is 17.2 Å². The third-order valence-electron chi connectivity index (χ3n) is 6.80. The molecule has 8 heteroatoms. The van der Waals surface area contributed by atoms with Crippen molar-refractivity contribution in [1.82, 2.24) is 15.5 Å². The average molecular weight is 478 g/mol. The van der Waals surface area contributed by atoms with Gasteiger partial charge in [-0.25, -0.2) is 0 Å². The summed E-state index contributed by atoms with van der Waals surface area (Å²) in [6.07, 6.45) is 5.08. The Morgan fingerprint density at radius 1 is 1.06 bits per heavy atom. The smallest absolute Gasteiger partial charge is 0.227 e. The standard InChI is InChI=1S/C27H31N3O5/c1-2-32-21-8-5-19(6-9-21)26-29-25(35-30-26)12-11-24(31)28-18-27(13-3-4-14-27)20-7-10-22-23(17-20)34-16-15-33-22/h5-10,17H,2-4,11-16,18H2,1H3,(H,28,31). The van der Waals surface area contributed by atoms with E-state index < -0.39 is 0 Å². The van der Waals surface area contributed by atoms with Gasteiger partial charge in [-0.3, -0.25) is 4.79 Å². The fourth-order valence-corrected chi connectivity index (χ4v) is 4.91. The van der Waals surface area contributed by atoms with Gasteiger partial charge in [0.05, 0.1) is 6.61 Å². The summed E-state index contributed by atoms with van der Waals surface area (Å²) in [7, 11) is 0. The maximum atomic E-state index is 12.7. The van der Waals surface area contributed by atoms with Crippen molar-refractivity contribution in [1.29, 1.82) is 0 Å². The summed E-state index contributed by atoms with van der Waals surface area (Å²) in [4.78, 5) is 17.1. The van der Waals surface area contributed by atoms with E-state index in [-0.39, 0.29) is 11.3 Å². The van der Waals surface area contributed by atoms with Gasteiger partial charge in [0.25, 0.3) is 0 Å². The number of aromatic nitrogens is 2. The van der Waals surface area contributed by atoms with Gasteiger partial charge in [0, 0.05) is 30.4 Å². The molecular weight excluding hydrogens is 446 g/mol. The molecule has 2 heterocycles. The lowest BCUT2D eigenvalue weighted by molar-refractivity contribution is -0.121. The molecule has 0 radical (unpaired) electrons. The topological polar surface area (TPSA) is 95.7 Å². The van der Waals surface area contributed by atoms with Crippen LogP contribution in [0.1, 0.15) is 50.5 Å². The van der Waals surface area contributed by atoms with Crippen molar-refractivity contribution in [3.63, 3.8) is 0 Å². The fourth-order valence-electron chi connectivity index (χ4n) is 4.91. The molecule has 2 aliphatic rings. The number of rotatable bonds is 9. The van der Waals surface area contributed by atoms with Gasteiger partial charge in [-0.15, -0.1) is 0 Å². The van der Waals surface area contributed by atoms with Crippen LogP contribution in [-0.4, -0.2) is 42.4 Å². The van der Waals surface area contributed by atoms with Crippen LogP contribution in [0.3, 0.4) is 0 Å². The number of amides is 1. The van der Waals surface area contributed by atoms with Crippen molar-refractivity contribution >= 4 is 5.91 Å². The number of carbonyl (C=O) groups excluding carboxylic acids is 1. The second kappa shape index (κ2) is 10.4. The molecule has 0 atom stereocenters. The molecule has 1 aliphatic carbocycles. The molecule has 1 aliphatic heterocycles. The first-order valence-corrected chi connectivity index (χ1v) is 12.4. The van der Waals surface area contributed by atoms with E-state index in [1.165, 1.54) is 5.56 Å². The number of nitrogens with zero attached hydrogens (tertiary/aromatic N) is 2. The molecule has 5 rings (SSSR count). The van der Waals surface area contributed by atoms with Gasteiger partial charge in [-0.2, -0.15) is 4.98 Å². The summed E-state index contributed by atoms with van der Waals surface area (Å²) < 4.78 is 22.3. The first kappa shape index (κ1) is 23.2. The minimum atomic E-state index is -0.0726. The predicted octanol–water partition coefficient (Wildman–Crippen LogP) is 4.47. The van der Waals surface area contributed by atoms with E-state index in [1.54, 1.807) is 0 Å². The van der Waals surface area contributed by atoms with Gasteiger partial charge in [0.2, 0.25) is 17.6 Å². The Morgan fingerprint density at radius 3 is 2.60 bits per heavy atom. The number of fused-ring (bicyclic) bond motifs is 1. The molecule has 1 N–H and O–H groups in total. The quantitative estimate of drug-likeness (QED) is 0.486. The van der Waals surface area contributed by atoms with Crippen molar-refractivity contribution < 1.29 is 23.5 Å². The van der Waals surface area contributed by atoms with Crippen LogP contribution in [-0.2, 0) is 16.6 Å². The van der Waals surface area contributed by atoms with Gasteiger partial charge in [-0.05, 0) is 61.7 Å². The van der Waals surface area contributed by atoms with Gasteiger partial charge in [-0.1, -0.05) is 24.1 Å². The fraction of sp³-hybridized carbons (Fsp3) is 0.444. The predicted molar refractivity (Wildman–Crippen MR) is 130 cm³/mol. The second-order valence-corrected chi connectivity index (χ2v) is 9.09. The van der Waals surface area contributed by atoms with Crippen LogP contribution in [0.2, 0.25) is 0 Å². The molecule has 0 unspecified atom stereocenters. The van der Waals surface area contributed by atoms with E-state index in [0.29, 0.717) is 50.9 Å². The number of ether oxygens (including phenoxy) is 3. The second-order valence-electron chi connectivity index (χ2n) is 9.09. The molecule has 1 aromatic heterocycles. The third kappa shape index (κ3) is 5.26. The molecule has 0 spiro atoms. The highest BCUT2D eigenvalue weighted by Gasteiger charge is 2.36. The summed E-state index contributed by atoms with van der Waals surface area (Å²) in [5.41, 5.74) is 1.98. The Labute approximate surface area is 205 Å². The zero-order valence-corrected chi connectivity index (χ0v) is 20.0. The average Bonchev–Trinajstić information content (AvgIpc) is 3.57. The highest BCUT2D eigenvalue weighted by Crippen LogP contribution is 2.43. The zero-order chi connectivity index (χ0) is 24.1. The number of benzene rings is 2. The monoisotopic (exact) mass is 477 g/mol. The first-order chi connectivity index (χ1) is 17.1. The van der Waals surface area contributed by atoms with Crippen LogP contribution >= 0.6 is 0 Å². The van der Waals surface area contributed by atoms with Crippen LogP contribution < -0.4 is 19.5 Å². The lowest BCUT2D eigenvalue weighted by Gasteiger charge is -2.31. The molecular formula is C27H31N3O5. The van der Waals surface area contributed by atoms with Crippen molar-refractivity contribution in [3.05, 3.63) is 53.9 Å². The normalized spacial score (nSPS) is 16.1. The van der Waals surface area contributed by atoms with Crippen molar-refractivity contribution in [2.75, 3.05) is 26.4 Å². The molecule has 0 saturated heterocycles. The minimum Gasteiger partial charge on any atom is -0.494 e. The van der Waals surface area contributed by atoms with Crippen LogP contribution in [0, 0.1) is 0 Å². The highest BCUT2D eigenvalue weighted by molar-refractivity contribution is 5.76. The van der Waals surface area contributed by atoms with E-state index in [1.807, 2.05) is 37.3 Å². The van der Waals surface area contributed by atoms with E-state index >= 15 is 0 Å². The Balaban J connectivity index is 1.17. The summed E-state index contributed by atoms with van der Waals surface area (Å²) in [5.74, 6) is 3.33. The van der Waals surface area contributed by atoms with Crippen molar-refractivity contribution in [2.45, 2.75) is 50.9 Å². The molecule has 1 fully saturated rings. The van der Waals surface area contributed by atoms with Crippen molar-refractivity contribution in [2.24, 2.45) is 0 Å². The molecule has 3 aromatic rings. The number of aryl methyl sites for hydroxylation is 1. The maximum absolute atomic E-state index is 12.7. The van der Waals surface area contributed by atoms with Gasteiger partial charge >= 0.3 is 0 Å². The largest absolute Gasteiger partial charge is 0.494 e. The molecule has 1 amide bonds. The lowest BCUT2D eigenvalue weighted by Crippen LogP contribution is -2.39. The molecule has 0 bridgehead atoms. The lowest BCUT2D eigenvalue weighted by atomic mass is 9.78. The minimum absolute atomic E-state index is 0.0189. The highest BCUT2D eigenvalue weighted by atomic mass is 16.6. The van der Waals surface area contributed by atoms with Gasteiger partial charge < -0.3 is 24.1 Å². The Hall–Kier alpha value is -3.55. The SMILES string of the molecule is CCOc1ccc(-c2noc(CCC(=O)NCC3(c4ccc5c(c4)OCCO5)CCCC3)n2)cc1. The zero-order valence-electron chi connectivity index (χ0n) is 20.0. The Bertz CT molecular complexity index is 1150. The van der Waals surface area contributed by atoms with E-state index in [9.17, 15) is 4.79 Å². The Kier molecular flexibility index (Phi) is 6.88. The summed E-state index contributed by atoms with van der Waals surface area (Å²) in [6, 6.07) is 13.7. The number of hydrogen-bond donors (Lipinski definition) is 1. The molecule has 1 saturated carbocycles. The van der Waals surface area contributed by atoms with Crippen molar-refractivity contribution in [3.8, 4) is 28.6 Å². The van der Waals surface area contributed by atoms with E-state index in [2.05, 4.69) is 27.6 Å². The summed E-state index contributed by atoms with van der Waals surface area (Å²) in [6.45, 7) is 4.31. The van der Waals surface area contributed by atoms with Crippen LogP contribution in [0.4, 0.5) is 0 Å². The van der Waals surface area contributed by atoms with Crippen LogP contribution in [0.15, 0.2) is 47.0 Å². The molecule has 2 aromatic carbocycles. The summed E-state index contributed by atoms with van der Waals surface area (Å²) in [5, 5.41) is 7.21. The first-order valence-electron chi connectivity index (χ1n) is 12.4. The van der Waals surface area contributed by atoms with Gasteiger partial charge in [0.1, 0.15) is 19.0 Å². The van der Waals surface area contributed by atoms with E-state index in [0.717, 1.165) is 48.5 Å². The summed E-state index contributed by atoms with van der Waals surface area (Å²) >= 11 is 0.